The summed E-state index contributed by atoms with van der Waals surface area (Å²) in [6.45, 7) is 4.55. The lowest BCUT2D eigenvalue weighted by Gasteiger charge is -2.21. The fraction of sp³-hybridized carbons (Fsp3) is 0.294. The topological polar surface area (TPSA) is 29.5 Å². The maximum absolute atomic E-state index is 12.5. The molecule has 0 radical (unpaired) electrons. The Hall–Kier alpha value is -1.59. The van der Waals surface area contributed by atoms with Crippen LogP contribution in [0.25, 0.3) is 6.08 Å². The number of thioether (sulfide) groups is 1. The molecule has 0 saturated carbocycles. The van der Waals surface area contributed by atoms with Gasteiger partial charge in [0.05, 0.1) is 4.91 Å². The van der Waals surface area contributed by atoms with Gasteiger partial charge in [0.15, 0.2) is 0 Å². The van der Waals surface area contributed by atoms with Crippen LogP contribution in [0.3, 0.4) is 0 Å². The minimum atomic E-state index is 0.00380. The van der Waals surface area contributed by atoms with Gasteiger partial charge < -0.3 is 4.74 Å². The molecule has 0 aliphatic carbocycles. The van der Waals surface area contributed by atoms with Crippen LogP contribution in [-0.4, -0.2) is 27.8 Å². The quantitative estimate of drug-likeness (QED) is 0.618. The van der Waals surface area contributed by atoms with Crippen molar-refractivity contribution in [2.45, 2.75) is 26.3 Å². The smallest absolute Gasteiger partial charge is 0.266 e. The second-order valence-corrected chi connectivity index (χ2v) is 7.03. The highest BCUT2D eigenvalue weighted by atomic mass is 32.2. The Kier molecular flexibility index (Phi) is 4.36. The number of ether oxygens (including phenoxy) is 1. The molecule has 22 heavy (non-hydrogen) atoms. The van der Waals surface area contributed by atoms with E-state index >= 15 is 0 Å². The van der Waals surface area contributed by atoms with E-state index in [1.54, 1.807) is 4.90 Å². The maximum atomic E-state index is 12.5. The van der Waals surface area contributed by atoms with Gasteiger partial charge in [-0.2, -0.15) is 0 Å². The molecule has 114 valence electrons. The molecule has 3 rings (SSSR count). The van der Waals surface area contributed by atoms with Gasteiger partial charge in [-0.15, -0.1) is 0 Å². The van der Waals surface area contributed by atoms with Gasteiger partial charge >= 0.3 is 0 Å². The van der Waals surface area contributed by atoms with E-state index in [1.807, 2.05) is 37.3 Å². The third-order valence-electron chi connectivity index (χ3n) is 3.83. The van der Waals surface area contributed by atoms with Crippen molar-refractivity contribution in [1.29, 1.82) is 0 Å². The van der Waals surface area contributed by atoms with Gasteiger partial charge in [0.1, 0.15) is 16.7 Å². The molecule has 2 aliphatic rings. The van der Waals surface area contributed by atoms with Crippen molar-refractivity contribution in [3.8, 4) is 5.75 Å². The van der Waals surface area contributed by atoms with Gasteiger partial charge in [0.2, 0.25) is 0 Å². The summed E-state index contributed by atoms with van der Waals surface area (Å²) in [7, 11) is 0. The fourth-order valence-corrected chi connectivity index (χ4v) is 3.91. The predicted molar refractivity (Wildman–Crippen MR) is 94.8 cm³/mol. The minimum absolute atomic E-state index is 0.00380. The molecule has 3 nitrogen and oxygen atoms in total. The molecule has 1 saturated heterocycles. The van der Waals surface area contributed by atoms with E-state index in [0.717, 1.165) is 23.3 Å². The second-order valence-electron chi connectivity index (χ2n) is 5.35. The van der Waals surface area contributed by atoms with Crippen LogP contribution in [0.4, 0.5) is 0 Å². The highest BCUT2D eigenvalue weighted by Crippen LogP contribution is 2.35. The van der Waals surface area contributed by atoms with Crippen molar-refractivity contribution in [2.75, 3.05) is 6.61 Å². The van der Waals surface area contributed by atoms with Gasteiger partial charge in [0.25, 0.3) is 5.91 Å². The Balaban J connectivity index is 1.87. The summed E-state index contributed by atoms with van der Waals surface area (Å²) in [5.74, 6) is 0.885. The van der Waals surface area contributed by atoms with Crippen LogP contribution in [0.2, 0.25) is 0 Å². The zero-order valence-electron chi connectivity index (χ0n) is 12.5. The van der Waals surface area contributed by atoms with Crippen molar-refractivity contribution >= 4 is 40.3 Å². The number of benzene rings is 1. The van der Waals surface area contributed by atoms with Crippen molar-refractivity contribution in [2.24, 2.45) is 0 Å². The van der Waals surface area contributed by atoms with Crippen molar-refractivity contribution in [3.05, 3.63) is 46.4 Å². The number of para-hydroxylation sites is 1. The summed E-state index contributed by atoms with van der Waals surface area (Å²) in [4.78, 5) is 14.9. The molecule has 2 heterocycles. The lowest BCUT2D eigenvalue weighted by Crippen LogP contribution is -2.36. The number of thiocarbonyl (C=S) groups is 1. The van der Waals surface area contributed by atoms with Gasteiger partial charge in [-0.3, -0.25) is 9.69 Å². The lowest BCUT2D eigenvalue weighted by atomic mass is 10.1. The number of fused-ring (bicyclic) bond motifs is 1. The zero-order chi connectivity index (χ0) is 15.7. The number of hydrogen-bond acceptors (Lipinski definition) is 4. The Bertz CT molecular complexity index is 694. The standard InChI is InChI=1S/C17H17NO2S2/c1-3-11(2)18-16(19)15(22-17(18)21)9-12-8-13-6-4-5-7-14(13)20-10-12/h4-9,11H,3,10H2,1-2H3/b15-9-. The average Bonchev–Trinajstić information content (AvgIpc) is 2.80. The van der Waals surface area contributed by atoms with Crippen LogP contribution in [0.15, 0.2) is 40.8 Å². The van der Waals surface area contributed by atoms with Gasteiger partial charge in [-0.25, -0.2) is 0 Å². The number of rotatable bonds is 3. The molecular weight excluding hydrogens is 314 g/mol. The summed E-state index contributed by atoms with van der Waals surface area (Å²) < 4.78 is 6.37. The molecule has 1 amide bonds. The SMILES string of the molecule is CCC(C)N1C(=O)/C(=C/C2=Cc3ccccc3OC2)SC1=S. The van der Waals surface area contributed by atoms with Gasteiger partial charge in [-0.05, 0) is 37.1 Å². The average molecular weight is 331 g/mol. The number of amides is 1. The third kappa shape index (κ3) is 2.83. The van der Waals surface area contributed by atoms with Crippen LogP contribution in [0.1, 0.15) is 25.8 Å². The number of hydrogen-bond donors (Lipinski definition) is 0. The van der Waals surface area contributed by atoms with Crippen molar-refractivity contribution < 1.29 is 9.53 Å². The highest BCUT2D eigenvalue weighted by Gasteiger charge is 2.34. The minimum Gasteiger partial charge on any atom is -0.488 e. The first-order valence-corrected chi connectivity index (χ1v) is 8.52. The summed E-state index contributed by atoms with van der Waals surface area (Å²) in [6.07, 6.45) is 4.85. The van der Waals surface area contributed by atoms with Gasteiger partial charge in [0, 0.05) is 11.6 Å². The van der Waals surface area contributed by atoms with Crippen LogP contribution < -0.4 is 4.74 Å². The van der Waals surface area contributed by atoms with E-state index in [2.05, 4.69) is 13.0 Å². The zero-order valence-corrected chi connectivity index (χ0v) is 14.2. The summed E-state index contributed by atoms with van der Waals surface area (Å²) in [5, 5.41) is 0. The monoisotopic (exact) mass is 331 g/mol. The van der Waals surface area contributed by atoms with E-state index in [-0.39, 0.29) is 11.9 Å². The molecule has 0 spiro atoms. The third-order valence-corrected chi connectivity index (χ3v) is 5.16. The lowest BCUT2D eigenvalue weighted by molar-refractivity contribution is -0.123. The van der Waals surface area contributed by atoms with Crippen molar-refractivity contribution in [1.82, 2.24) is 4.90 Å². The summed E-state index contributed by atoms with van der Waals surface area (Å²) >= 11 is 6.72. The molecule has 0 bridgehead atoms. The first-order valence-electron chi connectivity index (χ1n) is 7.29. The Morgan fingerprint density at radius 3 is 3.00 bits per heavy atom. The molecule has 1 fully saturated rings. The molecule has 5 heteroatoms. The maximum Gasteiger partial charge on any atom is 0.266 e. The molecule has 0 aromatic heterocycles. The largest absolute Gasteiger partial charge is 0.488 e. The molecular formula is C17H17NO2S2. The molecule has 1 unspecified atom stereocenters. The first kappa shape index (κ1) is 15.3. The van der Waals surface area contributed by atoms with Crippen LogP contribution in [0, 0.1) is 0 Å². The van der Waals surface area contributed by atoms with E-state index in [4.69, 9.17) is 17.0 Å². The van der Waals surface area contributed by atoms with Crippen molar-refractivity contribution in [3.63, 3.8) is 0 Å². The van der Waals surface area contributed by atoms with Crippen LogP contribution in [-0.2, 0) is 4.79 Å². The van der Waals surface area contributed by atoms with E-state index in [0.29, 0.717) is 15.8 Å². The molecule has 1 aromatic rings. The second kappa shape index (κ2) is 6.26. The first-order chi connectivity index (χ1) is 10.6. The number of carbonyl (C=O) groups is 1. The summed E-state index contributed by atoms with van der Waals surface area (Å²) in [5.41, 5.74) is 2.03. The Morgan fingerprint density at radius 1 is 1.45 bits per heavy atom. The highest BCUT2D eigenvalue weighted by molar-refractivity contribution is 8.26. The number of nitrogens with zero attached hydrogens (tertiary/aromatic N) is 1. The van der Waals surface area contributed by atoms with E-state index in [1.165, 1.54) is 11.8 Å². The molecule has 1 atom stereocenters. The molecule has 1 aromatic carbocycles. The Morgan fingerprint density at radius 2 is 2.23 bits per heavy atom. The number of carbonyl (C=O) groups excluding carboxylic acids is 1. The molecule has 0 N–H and O–H groups in total. The summed E-state index contributed by atoms with van der Waals surface area (Å²) in [6, 6.07) is 8.02. The molecule has 2 aliphatic heterocycles. The van der Waals surface area contributed by atoms with Gasteiger partial charge in [-0.1, -0.05) is 49.1 Å². The van der Waals surface area contributed by atoms with E-state index < -0.39 is 0 Å². The van der Waals surface area contributed by atoms with E-state index in [9.17, 15) is 4.79 Å². The predicted octanol–water partition coefficient (Wildman–Crippen LogP) is 4.01. The van der Waals surface area contributed by atoms with Crippen LogP contribution >= 0.6 is 24.0 Å². The normalized spacial score (nSPS) is 20.7. The van der Waals surface area contributed by atoms with Crippen LogP contribution in [0.5, 0.6) is 5.75 Å². The fourth-order valence-electron chi connectivity index (χ4n) is 2.43. The Labute approximate surface area is 140 Å².